The molecule has 0 fully saturated rings. The van der Waals surface area contributed by atoms with E-state index in [0.29, 0.717) is 12.2 Å². The van der Waals surface area contributed by atoms with Crippen LogP contribution in [0.2, 0.25) is 0 Å². The Morgan fingerprint density at radius 1 is 1.53 bits per heavy atom. The van der Waals surface area contributed by atoms with Crippen molar-refractivity contribution in [3.8, 4) is 0 Å². The van der Waals surface area contributed by atoms with Crippen LogP contribution < -0.4 is 11.1 Å². The Kier molecular flexibility index (Phi) is 3.55. The highest BCUT2D eigenvalue weighted by Gasteiger charge is 2.07. The summed E-state index contributed by atoms with van der Waals surface area (Å²) in [6.07, 6.45) is 0. The molecule has 15 heavy (non-hydrogen) atoms. The van der Waals surface area contributed by atoms with Gasteiger partial charge in [-0.25, -0.2) is 4.79 Å². The Morgan fingerprint density at radius 2 is 2.20 bits per heavy atom. The summed E-state index contributed by atoms with van der Waals surface area (Å²) in [4.78, 5) is 13.2. The molecule has 4 heteroatoms. The first-order valence-electron chi connectivity index (χ1n) is 4.92. The number of nitrogens with two attached hydrogens (primary N) is 1. The van der Waals surface area contributed by atoms with Crippen molar-refractivity contribution in [2.24, 2.45) is 0 Å². The van der Waals surface area contributed by atoms with Gasteiger partial charge < -0.3 is 16.0 Å². The van der Waals surface area contributed by atoms with Gasteiger partial charge in [-0.15, -0.1) is 0 Å². The minimum absolute atomic E-state index is 0.119. The maximum absolute atomic E-state index is 11.6. The van der Waals surface area contributed by atoms with E-state index in [1.165, 1.54) is 0 Å². The molecule has 1 rings (SSSR count). The quantitative estimate of drug-likeness (QED) is 0.729. The molecule has 1 aromatic rings. The number of carbonyl (C=O) groups is 1. The van der Waals surface area contributed by atoms with Crippen LogP contribution in [0.4, 0.5) is 16.2 Å². The SMILES string of the molecule is CCN(C)C(=O)Nc1cc(N)ccc1C. The highest BCUT2D eigenvalue weighted by molar-refractivity contribution is 5.90. The van der Waals surface area contributed by atoms with Crippen LogP contribution in [0.3, 0.4) is 0 Å². The summed E-state index contributed by atoms with van der Waals surface area (Å²) < 4.78 is 0. The lowest BCUT2D eigenvalue weighted by Gasteiger charge is -2.16. The molecule has 3 N–H and O–H groups in total. The number of nitrogens with one attached hydrogen (secondary N) is 1. The summed E-state index contributed by atoms with van der Waals surface area (Å²) in [6, 6.07) is 5.34. The van der Waals surface area contributed by atoms with Gasteiger partial charge in [0.25, 0.3) is 0 Å². The van der Waals surface area contributed by atoms with Gasteiger partial charge in [-0.3, -0.25) is 0 Å². The van der Waals surface area contributed by atoms with Crippen molar-refractivity contribution in [3.63, 3.8) is 0 Å². The van der Waals surface area contributed by atoms with Crippen molar-refractivity contribution < 1.29 is 4.79 Å². The molecular formula is C11H17N3O. The molecule has 0 aliphatic carbocycles. The zero-order valence-corrected chi connectivity index (χ0v) is 9.37. The highest BCUT2D eigenvalue weighted by Crippen LogP contribution is 2.18. The number of anilines is 2. The number of urea groups is 1. The van der Waals surface area contributed by atoms with Crippen molar-refractivity contribution in [3.05, 3.63) is 23.8 Å². The van der Waals surface area contributed by atoms with Gasteiger partial charge in [0.05, 0.1) is 0 Å². The zero-order chi connectivity index (χ0) is 11.4. The lowest BCUT2D eigenvalue weighted by atomic mass is 10.2. The second kappa shape index (κ2) is 4.68. The van der Waals surface area contributed by atoms with Crippen LogP contribution in [0.25, 0.3) is 0 Å². The van der Waals surface area contributed by atoms with Gasteiger partial charge in [-0.1, -0.05) is 6.07 Å². The molecule has 4 nitrogen and oxygen atoms in total. The second-order valence-electron chi connectivity index (χ2n) is 3.52. The van der Waals surface area contributed by atoms with Crippen LogP contribution in [0, 0.1) is 6.92 Å². The molecule has 0 heterocycles. The number of hydrogen-bond acceptors (Lipinski definition) is 2. The second-order valence-corrected chi connectivity index (χ2v) is 3.52. The summed E-state index contributed by atoms with van der Waals surface area (Å²) in [6.45, 7) is 4.53. The van der Waals surface area contributed by atoms with E-state index in [2.05, 4.69) is 5.32 Å². The van der Waals surface area contributed by atoms with E-state index in [9.17, 15) is 4.79 Å². The first kappa shape index (κ1) is 11.4. The molecule has 0 atom stereocenters. The Balaban J connectivity index is 2.80. The fourth-order valence-corrected chi connectivity index (χ4v) is 1.13. The lowest BCUT2D eigenvalue weighted by molar-refractivity contribution is 0.224. The number of rotatable bonds is 2. The molecule has 0 aromatic heterocycles. The first-order chi connectivity index (χ1) is 7.04. The minimum Gasteiger partial charge on any atom is -0.399 e. The predicted octanol–water partition coefficient (Wildman–Crippen LogP) is 2.06. The van der Waals surface area contributed by atoms with Gasteiger partial charge >= 0.3 is 6.03 Å². The molecule has 0 unspecified atom stereocenters. The Hall–Kier alpha value is -1.71. The third-order valence-electron chi connectivity index (χ3n) is 2.32. The van der Waals surface area contributed by atoms with Crippen LogP contribution in [0.15, 0.2) is 18.2 Å². The third kappa shape index (κ3) is 2.87. The average Bonchev–Trinajstić information content (AvgIpc) is 2.22. The molecule has 0 aliphatic rings. The number of aryl methyl sites for hydroxylation is 1. The smallest absolute Gasteiger partial charge is 0.321 e. The van der Waals surface area contributed by atoms with Gasteiger partial charge in [-0.05, 0) is 31.5 Å². The van der Waals surface area contributed by atoms with Crippen molar-refractivity contribution in [2.75, 3.05) is 24.6 Å². The largest absolute Gasteiger partial charge is 0.399 e. The molecule has 0 spiro atoms. The molecule has 1 aromatic carbocycles. The average molecular weight is 207 g/mol. The van der Waals surface area contributed by atoms with E-state index >= 15 is 0 Å². The maximum Gasteiger partial charge on any atom is 0.321 e. The minimum atomic E-state index is -0.119. The number of carbonyl (C=O) groups excluding carboxylic acids is 1. The van der Waals surface area contributed by atoms with Crippen LogP contribution in [0.1, 0.15) is 12.5 Å². The van der Waals surface area contributed by atoms with Crippen LogP contribution in [-0.2, 0) is 0 Å². The molecule has 0 radical (unpaired) electrons. The topological polar surface area (TPSA) is 58.4 Å². The molecule has 0 saturated heterocycles. The molecule has 2 amide bonds. The highest BCUT2D eigenvalue weighted by atomic mass is 16.2. The number of hydrogen-bond donors (Lipinski definition) is 2. The van der Waals surface area contributed by atoms with Gasteiger partial charge in [0.15, 0.2) is 0 Å². The van der Waals surface area contributed by atoms with Crippen LogP contribution in [-0.4, -0.2) is 24.5 Å². The summed E-state index contributed by atoms with van der Waals surface area (Å²) in [5.41, 5.74) is 8.06. The van der Waals surface area contributed by atoms with Gasteiger partial charge in [0.1, 0.15) is 0 Å². The number of nitrogens with zero attached hydrogens (tertiary/aromatic N) is 1. The number of amides is 2. The molecule has 0 saturated carbocycles. The maximum atomic E-state index is 11.6. The van der Waals surface area contributed by atoms with E-state index in [1.807, 2.05) is 26.0 Å². The zero-order valence-electron chi connectivity index (χ0n) is 9.37. The summed E-state index contributed by atoms with van der Waals surface area (Å²) in [7, 11) is 1.75. The van der Waals surface area contributed by atoms with Gasteiger partial charge in [0.2, 0.25) is 0 Å². The van der Waals surface area contributed by atoms with E-state index in [1.54, 1.807) is 18.0 Å². The molecule has 0 bridgehead atoms. The van der Waals surface area contributed by atoms with E-state index in [4.69, 9.17) is 5.73 Å². The van der Waals surface area contributed by atoms with Crippen LogP contribution >= 0.6 is 0 Å². The molecule has 82 valence electrons. The summed E-state index contributed by atoms with van der Waals surface area (Å²) in [5.74, 6) is 0. The Bertz CT molecular complexity index is 363. The number of benzene rings is 1. The summed E-state index contributed by atoms with van der Waals surface area (Å²) >= 11 is 0. The Labute approximate surface area is 90.1 Å². The van der Waals surface area contributed by atoms with Gasteiger partial charge in [0, 0.05) is 25.0 Å². The molecule has 0 aliphatic heterocycles. The van der Waals surface area contributed by atoms with Crippen molar-refractivity contribution in [1.82, 2.24) is 4.90 Å². The fourth-order valence-electron chi connectivity index (χ4n) is 1.13. The lowest BCUT2D eigenvalue weighted by Crippen LogP contribution is -2.31. The predicted molar refractivity (Wildman–Crippen MR) is 62.9 cm³/mol. The van der Waals surface area contributed by atoms with Crippen molar-refractivity contribution in [2.45, 2.75) is 13.8 Å². The summed E-state index contributed by atoms with van der Waals surface area (Å²) in [5, 5.41) is 2.81. The normalized spacial score (nSPS) is 9.80. The van der Waals surface area contributed by atoms with Crippen LogP contribution in [0.5, 0.6) is 0 Å². The number of nitrogen functional groups attached to an aromatic ring is 1. The fraction of sp³-hybridized carbons (Fsp3) is 0.364. The van der Waals surface area contributed by atoms with Crippen molar-refractivity contribution in [1.29, 1.82) is 0 Å². The van der Waals surface area contributed by atoms with Gasteiger partial charge in [-0.2, -0.15) is 0 Å². The van der Waals surface area contributed by atoms with E-state index in [-0.39, 0.29) is 6.03 Å². The first-order valence-corrected chi connectivity index (χ1v) is 4.92. The Morgan fingerprint density at radius 3 is 2.80 bits per heavy atom. The van der Waals surface area contributed by atoms with E-state index < -0.39 is 0 Å². The standard InChI is InChI=1S/C11H17N3O/c1-4-14(3)11(15)13-10-7-9(12)6-5-8(10)2/h5-7H,4,12H2,1-3H3,(H,13,15). The van der Waals surface area contributed by atoms with Crippen molar-refractivity contribution >= 4 is 17.4 Å². The van der Waals surface area contributed by atoms with E-state index in [0.717, 1.165) is 11.3 Å². The third-order valence-corrected chi connectivity index (χ3v) is 2.32. The molecular weight excluding hydrogens is 190 g/mol. The monoisotopic (exact) mass is 207 g/mol.